The van der Waals surface area contributed by atoms with Crippen LogP contribution in [0.1, 0.15) is 84.6 Å². The average molecular weight is 479 g/mol. The highest BCUT2D eigenvalue weighted by Crippen LogP contribution is 2.38. The maximum atomic E-state index is 11.5. The molecule has 0 saturated heterocycles. The van der Waals surface area contributed by atoms with Crippen molar-refractivity contribution in [1.29, 1.82) is 0 Å². The van der Waals surface area contributed by atoms with Crippen molar-refractivity contribution in [1.82, 2.24) is 0 Å². The van der Waals surface area contributed by atoms with Crippen molar-refractivity contribution < 1.29 is 32.4 Å². The number of benzene rings is 1. The second-order valence-corrected chi connectivity index (χ2v) is 11.8. The summed E-state index contributed by atoms with van der Waals surface area (Å²) in [6, 6.07) is 8.33. The maximum absolute atomic E-state index is 11.5. The molecule has 0 radical (unpaired) electrons. The van der Waals surface area contributed by atoms with Crippen molar-refractivity contribution >= 4 is 26.7 Å². The number of carbonyl (C=O) groups excluding carboxylic acids is 3. The smallest absolute Gasteiger partial charge is 0.494 e. The van der Waals surface area contributed by atoms with Gasteiger partial charge in [0.25, 0.3) is 17.9 Å². The largest absolute Gasteiger partial charge is 0.705 e. The third-order valence-electron chi connectivity index (χ3n) is 5.80. The lowest BCUT2D eigenvalue weighted by Crippen LogP contribution is -2.49. The van der Waals surface area contributed by atoms with Crippen LogP contribution in [0.25, 0.3) is 0 Å². The Bertz CT molecular complexity index is 742. The van der Waals surface area contributed by atoms with Crippen LogP contribution in [0.5, 0.6) is 5.75 Å². The summed E-state index contributed by atoms with van der Waals surface area (Å²) in [6.07, 6.45) is 6.82. The first kappa shape index (κ1) is 26.9. The molecule has 1 fully saturated rings. The Morgan fingerprint density at radius 1 is 0.879 bits per heavy atom. The summed E-state index contributed by atoms with van der Waals surface area (Å²) in [4.78, 5) is 34.5. The van der Waals surface area contributed by atoms with Gasteiger partial charge in [0.15, 0.2) is 0 Å². The number of hydrogen-bond acceptors (Lipinski definition) is 7. The third kappa shape index (κ3) is 9.58. The molecule has 1 saturated carbocycles. The van der Waals surface area contributed by atoms with E-state index in [1.165, 1.54) is 58.4 Å². The van der Waals surface area contributed by atoms with Gasteiger partial charge in [-0.3, -0.25) is 14.4 Å². The van der Waals surface area contributed by atoms with Crippen LogP contribution in [0.3, 0.4) is 0 Å². The van der Waals surface area contributed by atoms with E-state index < -0.39 is 26.7 Å². The molecule has 0 aromatic heterocycles. The Morgan fingerprint density at radius 2 is 1.39 bits per heavy atom. The molecule has 0 aliphatic heterocycles. The molecule has 1 aliphatic carbocycles. The highest BCUT2D eigenvalue weighted by Gasteiger charge is 2.51. The van der Waals surface area contributed by atoms with E-state index in [1.807, 2.05) is 12.1 Å². The van der Waals surface area contributed by atoms with Crippen LogP contribution >= 0.6 is 0 Å². The van der Waals surface area contributed by atoms with Gasteiger partial charge >= 0.3 is 8.80 Å². The number of rotatable bonds is 11. The molecule has 0 amide bonds. The van der Waals surface area contributed by atoms with Gasteiger partial charge in [0, 0.05) is 20.8 Å². The molecule has 0 unspecified atom stereocenters. The Morgan fingerprint density at radius 3 is 1.85 bits per heavy atom. The monoisotopic (exact) mass is 478 g/mol. The minimum absolute atomic E-state index is 0.101. The summed E-state index contributed by atoms with van der Waals surface area (Å²) in [7, 11) is -3.80. The molecule has 8 heteroatoms. The number of ether oxygens (including phenoxy) is 1. The third-order valence-corrected chi connectivity index (χ3v) is 8.56. The predicted octanol–water partition coefficient (Wildman–Crippen LogP) is 5.40. The minimum Gasteiger partial charge on any atom is -0.494 e. The molecular formula is C25H38O7Si. The van der Waals surface area contributed by atoms with Gasteiger partial charge in [-0.25, -0.2) is 0 Å². The van der Waals surface area contributed by atoms with Crippen LogP contribution in [0.2, 0.25) is 6.04 Å². The van der Waals surface area contributed by atoms with Gasteiger partial charge in [0.2, 0.25) is 0 Å². The molecule has 1 aliphatic rings. The molecule has 0 bridgehead atoms. The Hall–Kier alpha value is -2.35. The fourth-order valence-corrected chi connectivity index (χ4v) is 6.91. The van der Waals surface area contributed by atoms with E-state index in [1.54, 1.807) is 0 Å². The summed E-state index contributed by atoms with van der Waals surface area (Å²) in [5, 5.41) is 0. The van der Waals surface area contributed by atoms with Gasteiger partial charge in [0.05, 0.1) is 12.7 Å². The van der Waals surface area contributed by atoms with Crippen molar-refractivity contribution in [3.63, 3.8) is 0 Å². The first-order valence-corrected chi connectivity index (χ1v) is 13.8. The zero-order chi connectivity index (χ0) is 24.4. The summed E-state index contributed by atoms with van der Waals surface area (Å²) < 4.78 is 21.4. The van der Waals surface area contributed by atoms with Crippen molar-refractivity contribution in [2.45, 2.75) is 85.1 Å². The zero-order valence-electron chi connectivity index (χ0n) is 20.6. The van der Waals surface area contributed by atoms with E-state index in [0.29, 0.717) is 18.9 Å². The Labute approximate surface area is 198 Å². The summed E-state index contributed by atoms with van der Waals surface area (Å²) >= 11 is 0. The van der Waals surface area contributed by atoms with Crippen LogP contribution in [0.15, 0.2) is 24.3 Å². The van der Waals surface area contributed by atoms with E-state index >= 15 is 0 Å². The van der Waals surface area contributed by atoms with E-state index in [9.17, 15) is 14.4 Å². The molecule has 1 aromatic carbocycles. The minimum atomic E-state index is -3.80. The Kier molecular flexibility index (Phi) is 10.4. The fourth-order valence-electron chi connectivity index (χ4n) is 4.59. The molecule has 0 atom stereocenters. The summed E-state index contributed by atoms with van der Waals surface area (Å²) in [5.41, 5.74) is 1.36. The van der Waals surface area contributed by atoms with Gasteiger partial charge in [-0.15, -0.1) is 0 Å². The van der Waals surface area contributed by atoms with Crippen molar-refractivity contribution in [3.05, 3.63) is 29.8 Å². The van der Waals surface area contributed by atoms with E-state index in [4.69, 9.17) is 18.0 Å². The number of carbonyl (C=O) groups is 3. The lowest BCUT2D eigenvalue weighted by Gasteiger charge is -2.29. The Balaban J connectivity index is 1.86. The molecule has 7 nitrogen and oxygen atoms in total. The standard InChI is InChI=1S/C25H38O7Si/c1-18(2)17-22-7-9-23(10-8-22)24-11-13-25(14-12-24)29-15-6-16-33(30-19(3)26,31-20(4)27)32-21(5)28/h11-14,18,22-23H,6-10,15-17H2,1-5H3. The fraction of sp³-hybridized carbons (Fsp3) is 0.640. The molecule has 184 valence electrons. The first-order valence-electron chi connectivity index (χ1n) is 11.9. The van der Waals surface area contributed by atoms with Crippen molar-refractivity contribution in [2.24, 2.45) is 11.8 Å². The molecule has 0 spiro atoms. The van der Waals surface area contributed by atoms with Gasteiger partial charge in [-0.2, -0.15) is 0 Å². The van der Waals surface area contributed by atoms with Crippen molar-refractivity contribution in [2.75, 3.05) is 6.61 Å². The quantitative estimate of drug-likeness (QED) is 0.311. The van der Waals surface area contributed by atoms with Crippen molar-refractivity contribution in [3.8, 4) is 5.75 Å². The van der Waals surface area contributed by atoms with E-state index in [0.717, 1.165) is 17.6 Å². The van der Waals surface area contributed by atoms with Gasteiger partial charge in [-0.05, 0) is 74.0 Å². The van der Waals surface area contributed by atoms with Gasteiger partial charge in [-0.1, -0.05) is 26.0 Å². The highest BCUT2D eigenvalue weighted by molar-refractivity contribution is 6.65. The lowest BCUT2D eigenvalue weighted by molar-refractivity contribution is -0.147. The molecule has 0 N–H and O–H groups in total. The average Bonchev–Trinajstić information content (AvgIpc) is 2.70. The van der Waals surface area contributed by atoms with E-state index in [-0.39, 0.29) is 6.04 Å². The van der Waals surface area contributed by atoms with Crippen LogP contribution < -0.4 is 4.74 Å². The van der Waals surface area contributed by atoms with Crippen LogP contribution in [0, 0.1) is 11.8 Å². The SMILES string of the molecule is CC(=O)O[Si](CCCOc1ccc(C2CCC(CC(C)C)CC2)cc1)(OC(C)=O)OC(C)=O. The van der Waals surface area contributed by atoms with Crippen LogP contribution in [0.4, 0.5) is 0 Å². The molecule has 1 aromatic rings. The lowest BCUT2D eigenvalue weighted by atomic mass is 9.76. The van der Waals surface area contributed by atoms with Gasteiger partial charge in [0.1, 0.15) is 5.75 Å². The normalized spacial score (nSPS) is 18.5. The second-order valence-electron chi connectivity index (χ2n) is 9.33. The van der Waals surface area contributed by atoms with E-state index in [2.05, 4.69) is 26.0 Å². The first-order chi connectivity index (χ1) is 15.6. The highest BCUT2D eigenvalue weighted by atomic mass is 28.4. The summed E-state index contributed by atoms with van der Waals surface area (Å²) in [5.74, 6) is 0.993. The number of hydrogen-bond donors (Lipinski definition) is 0. The predicted molar refractivity (Wildman–Crippen MR) is 127 cm³/mol. The van der Waals surface area contributed by atoms with Crippen LogP contribution in [-0.2, 0) is 27.7 Å². The van der Waals surface area contributed by atoms with Crippen LogP contribution in [-0.4, -0.2) is 33.3 Å². The summed E-state index contributed by atoms with van der Waals surface area (Å²) in [6.45, 7) is 8.46. The van der Waals surface area contributed by atoms with Gasteiger partial charge < -0.3 is 18.0 Å². The topological polar surface area (TPSA) is 88.1 Å². The molecule has 2 rings (SSSR count). The zero-order valence-corrected chi connectivity index (χ0v) is 21.6. The molecular weight excluding hydrogens is 440 g/mol. The molecule has 33 heavy (non-hydrogen) atoms. The second kappa shape index (κ2) is 12.8. The molecule has 0 heterocycles. The maximum Gasteiger partial charge on any atom is 0.705 e.